The lowest BCUT2D eigenvalue weighted by Crippen LogP contribution is -2.49. The second-order valence-corrected chi connectivity index (χ2v) is 5.31. The van der Waals surface area contributed by atoms with Crippen molar-refractivity contribution < 1.29 is 19.0 Å². The zero-order valence-electron chi connectivity index (χ0n) is 12.9. The Morgan fingerprint density at radius 1 is 1.18 bits per heavy atom. The molecule has 2 fully saturated rings. The first-order chi connectivity index (χ1) is 10.8. The molecule has 2 aliphatic heterocycles. The van der Waals surface area contributed by atoms with Gasteiger partial charge in [-0.05, 0) is 13.0 Å². The van der Waals surface area contributed by atoms with E-state index in [0.29, 0.717) is 32.9 Å². The van der Waals surface area contributed by atoms with Crippen LogP contribution in [0.25, 0.3) is 0 Å². The molecule has 0 radical (unpaired) electrons. The minimum atomic E-state index is -0.278. The third-order valence-corrected chi connectivity index (χ3v) is 3.96. The molecule has 1 amide bonds. The van der Waals surface area contributed by atoms with Crippen LogP contribution >= 0.6 is 0 Å². The number of anilines is 1. The fourth-order valence-corrected chi connectivity index (χ4v) is 2.86. The summed E-state index contributed by atoms with van der Waals surface area (Å²) in [5.74, 6) is 0. The van der Waals surface area contributed by atoms with Crippen molar-refractivity contribution in [3.05, 3.63) is 29.8 Å². The Kier molecular flexibility index (Phi) is 4.80. The minimum absolute atomic E-state index is 0.224. The number of hydrogen-bond acceptors (Lipinski definition) is 5. The van der Waals surface area contributed by atoms with Crippen LogP contribution in [0.1, 0.15) is 18.8 Å². The van der Waals surface area contributed by atoms with Gasteiger partial charge in [0.1, 0.15) is 0 Å². The van der Waals surface area contributed by atoms with E-state index in [2.05, 4.69) is 11.0 Å². The maximum atomic E-state index is 11.8. The van der Waals surface area contributed by atoms with E-state index >= 15 is 0 Å². The Labute approximate surface area is 130 Å². The van der Waals surface area contributed by atoms with Crippen LogP contribution < -0.4 is 4.90 Å². The molecule has 0 aliphatic carbocycles. The van der Waals surface area contributed by atoms with Crippen molar-refractivity contribution >= 4 is 11.8 Å². The Bertz CT molecular complexity index is 509. The van der Waals surface area contributed by atoms with Crippen LogP contribution in [0.3, 0.4) is 0 Å². The number of ether oxygens (including phenoxy) is 3. The molecule has 0 N–H and O–H groups in total. The standard InChI is InChI=1S/C16H22N2O4/c1-2-20-16(19)18-9-7-17(8-10-18)14-6-4-3-5-13(14)15-21-11-12-22-15/h3-6,15H,2,7-12H2,1H3. The van der Waals surface area contributed by atoms with E-state index in [1.807, 2.05) is 25.1 Å². The molecule has 6 heteroatoms. The van der Waals surface area contributed by atoms with E-state index in [1.54, 1.807) is 4.90 Å². The van der Waals surface area contributed by atoms with Gasteiger partial charge in [0.25, 0.3) is 0 Å². The summed E-state index contributed by atoms with van der Waals surface area (Å²) in [6.07, 6.45) is -0.503. The summed E-state index contributed by atoms with van der Waals surface area (Å²) in [7, 11) is 0. The summed E-state index contributed by atoms with van der Waals surface area (Å²) in [6, 6.07) is 8.15. The SMILES string of the molecule is CCOC(=O)N1CCN(c2ccccc2C2OCCO2)CC1. The zero-order valence-corrected chi connectivity index (χ0v) is 12.9. The number of para-hydroxylation sites is 1. The predicted molar refractivity (Wildman–Crippen MR) is 81.9 cm³/mol. The first-order valence-corrected chi connectivity index (χ1v) is 7.78. The molecule has 1 aromatic rings. The normalized spacial score (nSPS) is 19.5. The van der Waals surface area contributed by atoms with Gasteiger partial charge in [0.05, 0.1) is 19.8 Å². The van der Waals surface area contributed by atoms with Crippen LogP contribution in [-0.2, 0) is 14.2 Å². The summed E-state index contributed by atoms with van der Waals surface area (Å²) < 4.78 is 16.3. The molecule has 22 heavy (non-hydrogen) atoms. The predicted octanol–water partition coefficient (Wildman–Crippen LogP) is 2.01. The highest BCUT2D eigenvalue weighted by Gasteiger charge is 2.27. The van der Waals surface area contributed by atoms with Crippen LogP contribution in [-0.4, -0.2) is 57.0 Å². The van der Waals surface area contributed by atoms with Crippen LogP contribution in [0, 0.1) is 0 Å². The van der Waals surface area contributed by atoms with Crippen molar-refractivity contribution in [3.8, 4) is 0 Å². The number of piperazine rings is 1. The maximum absolute atomic E-state index is 11.8. The molecule has 2 aliphatic rings. The molecule has 0 bridgehead atoms. The number of benzene rings is 1. The Morgan fingerprint density at radius 2 is 1.86 bits per heavy atom. The smallest absolute Gasteiger partial charge is 0.409 e. The molecule has 120 valence electrons. The second kappa shape index (κ2) is 6.98. The molecular weight excluding hydrogens is 284 g/mol. The Hall–Kier alpha value is -1.79. The lowest BCUT2D eigenvalue weighted by molar-refractivity contribution is -0.0438. The summed E-state index contributed by atoms with van der Waals surface area (Å²) in [4.78, 5) is 15.8. The van der Waals surface area contributed by atoms with Gasteiger partial charge in [-0.15, -0.1) is 0 Å². The van der Waals surface area contributed by atoms with Gasteiger partial charge >= 0.3 is 6.09 Å². The maximum Gasteiger partial charge on any atom is 0.409 e. The van der Waals surface area contributed by atoms with Crippen molar-refractivity contribution in [1.29, 1.82) is 0 Å². The van der Waals surface area contributed by atoms with Gasteiger partial charge in [0.15, 0.2) is 6.29 Å². The molecule has 0 saturated carbocycles. The molecule has 6 nitrogen and oxygen atoms in total. The van der Waals surface area contributed by atoms with Crippen LogP contribution in [0.15, 0.2) is 24.3 Å². The monoisotopic (exact) mass is 306 g/mol. The average Bonchev–Trinajstić information content (AvgIpc) is 3.10. The molecule has 0 aromatic heterocycles. The van der Waals surface area contributed by atoms with E-state index in [4.69, 9.17) is 14.2 Å². The lowest BCUT2D eigenvalue weighted by Gasteiger charge is -2.36. The number of nitrogens with zero attached hydrogens (tertiary/aromatic N) is 2. The van der Waals surface area contributed by atoms with E-state index in [1.165, 1.54) is 0 Å². The van der Waals surface area contributed by atoms with Crippen molar-refractivity contribution in [2.24, 2.45) is 0 Å². The van der Waals surface area contributed by atoms with Crippen LogP contribution in [0.4, 0.5) is 10.5 Å². The summed E-state index contributed by atoms with van der Waals surface area (Å²) >= 11 is 0. The molecule has 1 aromatic carbocycles. The third kappa shape index (κ3) is 3.18. The van der Waals surface area contributed by atoms with Gasteiger partial charge in [-0.1, -0.05) is 18.2 Å². The molecule has 3 rings (SSSR count). The molecule has 2 saturated heterocycles. The molecule has 0 unspecified atom stereocenters. The first kappa shape index (κ1) is 15.1. The van der Waals surface area contributed by atoms with Gasteiger partial charge in [-0.25, -0.2) is 4.79 Å². The van der Waals surface area contributed by atoms with Crippen molar-refractivity contribution in [1.82, 2.24) is 4.90 Å². The quantitative estimate of drug-likeness (QED) is 0.855. The summed E-state index contributed by atoms with van der Waals surface area (Å²) in [6.45, 7) is 6.40. The van der Waals surface area contributed by atoms with E-state index in [9.17, 15) is 4.79 Å². The van der Waals surface area contributed by atoms with Crippen molar-refractivity contribution in [2.45, 2.75) is 13.2 Å². The number of hydrogen-bond donors (Lipinski definition) is 0. The molecule has 0 atom stereocenters. The van der Waals surface area contributed by atoms with Gasteiger partial charge in [0.2, 0.25) is 0 Å². The minimum Gasteiger partial charge on any atom is -0.450 e. The highest BCUT2D eigenvalue weighted by Crippen LogP contribution is 2.32. The van der Waals surface area contributed by atoms with Gasteiger partial charge in [0, 0.05) is 37.4 Å². The average molecular weight is 306 g/mol. The zero-order chi connectivity index (χ0) is 15.4. The molecule has 0 spiro atoms. The highest BCUT2D eigenvalue weighted by molar-refractivity contribution is 5.68. The number of carbonyl (C=O) groups excluding carboxylic acids is 1. The summed E-state index contributed by atoms with van der Waals surface area (Å²) in [5, 5.41) is 0. The fourth-order valence-electron chi connectivity index (χ4n) is 2.86. The fraction of sp³-hybridized carbons (Fsp3) is 0.562. The Morgan fingerprint density at radius 3 is 2.55 bits per heavy atom. The van der Waals surface area contributed by atoms with Crippen molar-refractivity contribution in [3.63, 3.8) is 0 Å². The molecule has 2 heterocycles. The van der Waals surface area contributed by atoms with Gasteiger partial charge in [-0.3, -0.25) is 0 Å². The first-order valence-electron chi connectivity index (χ1n) is 7.78. The highest BCUT2D eigenvalue weighted by atomic mass is 16.7. The van der Waals surface area contributed by atoms with E-state index in [-0.39, 0.29) is 12.4 Å². The van der Waals surface area contributed by atoms with E-state index in [0.717, 1.165) is 24.3 Å². The Balaban J connectivity index is 1.67. The lowest BCUT2D eigenvalue weighted by atomic mass is 10.1. The largest absolute Gasteiger partial charge is 0.450 e. The van der Waals surface area contributed by atoms with Crippen LogP contribution in [0.2, 0.25) is 0 Å². The third-order valence-electron chi connectivity index (χ3n) is 3.96. The molecular formula is C16H22N2O4. The number of rotatable bonds is 3. The topological polar surface area (TPSA) is 51.2 Å². The van der Waals surface area contributed by atoms with Crippen LogP contribution in [0.5, 0.6) is 0 Å². The summed E-state index contributed by atoms with van der Waals surface area (Å²) in [5.41, 5.74) is 2.18. The van der Waals surface area contributed by atoms with Crippen molar-refractivity contribution in [2.75, 3.05) is 50.9 Å². The van der Waals surface area contributed by atoms with Gasteiger partial charge < -0.3 is 24.0 Å². The van der Waals surface area contributed by atoms with E-state index < -0.39 is 0 Å². The van der Waals surface area contributed by atoms with Gasteiger partial charge in [-0.2, -0.15) is 0 Å². The number of carbonyl (C=O) groups is 1. The second-order valence-electron chi connectivity index (χ2n) is 5.31. The number of amides is 1.